The molecule has 0 spiro atoms. The fourth-order valence-corrected chi connectivity index (χ4v) is 3.26. The number of halogens is 4. The van der Waals surface area contributed by atoms with Gasteiger partial charge in [0.25, 0.3) is 0 Å². The Morgan fingerprint density at radius 3 is 2.24 bits per heavy atom. The Morgan fingerprint density at radius 1 is 0.960 bits per heavy atom. The highest BCUT2D eigenvalue weighted by atomic mass is 19.4. The van der Waals surface area contributed by atoms with Gasteiger partial charge in [-0.25, -0.2) is 4.39 Å². The van der Waals surface area contributed by atoms with Gasteiger partial charge in [0.15, 0.2) is 0 Å². The third-order valence-electron chi connectivity index (χ3n) is 4.58. The van der Waals surface area contributed by atoms with E-state index in [1.54, 1.807) is 24.3 Å². The van der Waals surface area contributed by atoms with Crippen LogP contribution in [0.4, 0.5) is 17.6 Å². The summed E-state index contributed by atoms with van der Waals surface area (Å²) in [6.07, 6.45) is -3.56. The van der Waals surface area contributed by atoms with E-state index in [1.165, 1.54) is 18.2 Å². The van der Waals surface area contributed by atoms with Gasteiger partial charge in [0.1, 0.15) is 5.82 Å². The molecule has 0 saturated carbocycles. The van der Waals surface area contributed by atoms with E-state index in [1.807, 2.05) is 4.90 Å². The van der Waals surface area contributed by atoms with E-state index in [9.17, 15) is 17.6 Å². The molecule has 6 heteroatoms. The summed E-state index contributed by atoms with van der Waals surface area (Å²) in [4.78, 5) is 1.93. The minimum Gasteiger partial charge on any atom is -0.315 e. The van der Waals surface area contributed by atoms with Crippen LogP contribution in [0.1, 0.15) is 23.1 Å². The molecule has 0 radical (unpaired) electrons. The minimum absolute atomic E-state index is 0.0842. The van der Waals surface area contributed by atoms with E-state index in [4.69, 9.17) is 0 Å². The zero-order chi connectivity index (χ0) is 17.9. The van der Waals surface area contributed by atoms with E-state index >= 15 is 0 Å². The van der Waals surface area contributed by atoms with Crippen LogP contribution in [0.2, 0.25) is 0 Å². The van der Waals surface area contributed by atoms with Crippen molar-refractivity contribution in [3.63, 3.8) is 0 Å². The molecule has 1 saturated heterocycles. The van der Waals surface area contributed by atoms with Crippen molar-refractivity contribution in [1.29, 1.82) is 0 Å². The average molecular weight is 352 g/mol. The standard InChI is InChI=1S/C19H20F4N2/c20-18-8-4-2-6-15(18)13-25(16-9-10-24-11-16)12-14-5-1-3-7-17(14)19(21,22)23/h1-8,16,24H,9-13H2/t16-/m0/s1. The Morgan fingerprint density at radius 2 is 1.60 bits per heavy atom. The lowest BCUT2D eigenvalue weighted by Gasteiger charge is -2.29. The van der Waals surface area contributed by atoms with Crippen LogP contribution < -0.4 is 5.32 Å². The van der Waals surface area contributed by atoms with Gasteiger partial charge in [0, 0.05) is 31.2 Å². The third kappa shape index (κ3) is 4.38. The second-order valence-corrected chi connectivity index (χ2v) is 6.30. The van der Waals surface area contributed by atoms with Gasteiger partial charge >= 0.3 is 6.18 Å². The van der Waals surface area contributed by atoms with Crippen LogP contribution in [0.3, 0.4) is 0 Å². The maximum Gasteiger partial charge on any atom is 0.416 e. The van der Waals surface area contributed by atoms with E-state index in [-0.39, 0.29) is 30.5 Å². The summed E-state index contributed by atoms with van der Waals surface area (Å²) in [6, 6.07) is 12.1. The van der Waals surface area contributed by atoms with Crippen molar-refractivity contribution in [3.8, 4) is 0 Å². The summed E-state index contributed by atoms with van der Waals surface area (Å²) in [5.41, 5.74) is 0.0941. The topological polar surface area (TPSA) is 15.3 Å². The molecule has 1 N–H and O–H groups in total. The number of nitrogens with zero attached hydrogens (tertiary/aromatic N) is 1. The molecular formula is C19H20F4N2. The normalized spacial score (nSPS) is 18.0. The van der Waals surface area contributed by atoms with Crippen molar-refractivity contribution in [2.24, 2.45) is 0 Å². The van der Waals surface area contributed by atoms with Gasteiger partial charge in [0.05, 0.1) is 5.56 Å². The molecule has 0 bridgehead atoms. The summed E-state index contributed by atoms with van der Waals surface area (Å²) in [5, 5.41) is 3.23. The molecule has 134 valence electrons. The maximum absolute atomic E-state index is 14.0. The monoisotopic (exact) mass is 352 g/mol. The lowest BCUT2D eigenvalue weighted by atomic mass is 10.0. The molecule has 0 unspecified atom stereocenters. The van der Waals surface area contributed by atoms with Crippen LogP contribution in [0, 0.1) is 5.82 Å². The highest BCUT2D eigenvalue weighted by Crippen LogP contribution is 2.33. The summed E-state index contributed by atoms with van der Waals surface area (Å²) < 4.78 is 53.9. The van der Waals surface area contributed by atoms with Gasteiger partial charge in [-0.2, -0.15) is 13.2 Å². The molecule has 1 fully saturated rings. The molecule has 1 heterocycles. The first-order valence-electron chi connectivity index (χ1n) is 8.28. The minimum atomic E-state index is -4.39. The Labute approximate surface area is 144 Å². The molecular weight excluding hydrogens is 332 g/mol. The van der Waals surface area contributed by atoms with Crippen LogP contribution in [-0.4, -0.2) is 24.0 Å². The Balaban J connectivity index is 1.87. The maximum atomic E-state index is 14.0. The molecule has 0 amide bonds. The van der Waals surface area contributed by atoms with Crippen molar-refractivity contribution in [2.75, 3.05) is 13.1 Å². The zero-order valence-electron chi connectivity index (χ0n) is 13.7. The molecule has 0 aliphatic carbocycles. The lowest BCUT2D eigenvalue weighted by Crippen LogP contribution is -2.36. The Kier molecular flexibility index (Phi) is 5.39. The molecule has 3 rings (SSSR count). The molecule has 1 aliphatic rings. The molecule has 2 aromatic rings. The number of hydrogen-bond donors (Lipinski definition) is 1. The van der Waals surface area contributed by atoms with Gasteiger partial charge in [-0.15, -0.1) is 0 Å². The number of benzene rings is 2. The van der Waals surface area contributed by atoms with Gasteiger partial charge in [-0.05, 0) is 30.7 Å². The molecule has 25 heavy (non-hydrogen) atoms. The van der Waals surface area contributed by atoms with E-state index in [0.717, 1.165) is 19.0 Å². The largest absolute Gasteiger partial charge is 0.416 e. The fourth-order valence-electron chi connectivity index (χ4n) is 3.26. The predicted octanol–water partition coefficient (Wildman–Crippen LogP) is 4.21. The van der Waals surface area contributed by atoms with Gasteiger partial charge in [-0.3, -0.25) is 4.90 Å². The Bertz CT molecular complexity index is 709. The van der Waals surface area contributed by atoms with Crippen LogP contribution in [-0.2, 0) is 19.3 Å². The lowest BCUT2D eigenvalue weighted by molar-refractivity contribution is -0.138. The van der Waals surface area contributed by atoms with Crippen LogP contribution >= 0.6 is 0 Å². The van der Waals surface area contributed by atoms with Crippen molar-refractivity contribution in [3.05, 3.63) is 71.0 Å². The van der Waals surface area contributed by atoms with Crippen LogP contribution in [0.5, 0.6) is 0 Å². The summed E-state index contributed by atoms with van der Waals surface area (Å²) in [7, 11) is 0. The predicted molar refractivity (Wildman–Crippen MR) is 88.4 cm³/mol. The van der Waals surface area contributed by atoms with Gasteiger partial charge in [0.2, 0.25) is 0 Å². The SMILES string of the molecule is Fc1ccccc1CN(Cc1ccccc1C(F)(F)F)[C@H]1CCNC1. The summed E-state index contributed by atoms with van der Waals surface area (Å²) in [6.45, 7) is 1.93. The summed E-state index contributed by atoms with van der Waals surface area (Å²) in [5.74, 6) is -0.331. The molecule has 2 nitrogen and oxygen atoms in total. The molecule has 0 aromatic heterocycles. The smallest absolute Gasteiger partial charge is 0.315 e. The number of hydrogen-bond acceptors (Lipinski definition) is 2. The first-order chi connectivity index (χ1) is 11.9. The quantitative estimate of drug-likeness (QED) is 0.811. The van der Waals surface area contributed by atoms with Gasteiger partial charge < -0.3 is 5.32 Å². The van der Waals surface area contributed by atoms with Crippen LogP contribution in [0.15, 0.2) is 48.5 Å². The molecule has 2 aromatic carbocycles. The molecule has 1 aliphatic heterocycles. The second kappa shape index (κ2) is 7.54. The van der Waals surface area contributed by atoms with Crippen LogP contribution in [0.25, 0.3) is 0 Å². The first kappa shape index (κ1) is 17.9. The Hall–Kier alpha value is -1.92. The van der Waals surface area contributed by atoms with Gasteiger partial charge in [-0.1, -0.05) is 36.4 Å². The first-order valence-corrected chi connectivity index (χ1v) is 8.28. The van der Waals surface area contributed by atoms with Crippen molar-refractivity contribution in [1.82, 2.24) is 10.2 Å². The number of rotatable bonds is 5. The highest BCUT2D eigenvalue weighted by Gasteiger charge is 2.34. The summed E-state index contributed by atoms with van der Waals surface area (Å²) >= 11 is 0. The van der Waals surface area contributed by atoms with E-state index in [0.29, 0.717) is 12.1 Å². The van der Waals surface area contributed by atoms with Crippen molar-refractivity contribution >= 4 is 0 Å². The average Bonchev–Trinajstić information content (AvgIpc) is 3.10. The number of nitrogens with one attached hydrogen (secondary N) is 1. The van der Waals surface area contributed by atoms with Crippen molar-refractivity contribution in [2.45, 2.75) is 31.7 Å². The van der Waals surface area contributed by atoms with E-state index in [2.05, 4.69) is 5.32 Å². The number of alkyl halides is 3. The second-order valence-electron chi connectivity index (χ2n) is 6.30. The van der Waals surface area contributed by atoms with E-state index < -0.39 is 11.7 Å². The third-order valence-corrected chi connectivity index (χ3v) is 4.58. The van der Waals surface area contributed by atoms with Crippen molar-refractivity contribution < 1.29 is 17.6 Å². The fraction of sp³-hybridized carbons (Fsp3) is 0.368. The highest BCUT2D eigenvalue weighted by molar-refractivity contribution is 5.30. The molecule has 1 atom stereocenters. The zero-order valence-corrected chi connectivity index (χ0v) is 13.7.